The first-order chi connectivity index (χ1) is 11.2. The molecule has 3 aromatic heterocycles. The third-order valence-corrected chi connectivity index (χ3v) is 5.17. The Morgan fingerprint density at radius 3 is 3.26 bits per heavy atom. The minimum Gasteiger partial charge on any atom is -0.376 e. The number of thiazole rings is 1. The van der Waals surface area contributed by atoms with Gasteiger partial charge in [-0.3, -0.25) is 0 Å². The lowest BCUT2D eigenvalue weighted by Gasteiger charge is -2.09. The van der Waals surface area contributed by atoms with Gasteiger partial charge in [0.1, 0.15) is 6.20 Å². The Hall–Kier alpha value is -2.05. The van der Waals surface area contributed by atoms with Gasteiger partial charge in [-0.15, -0.1) is 5.10 Å². The van der Waals surface area contributed by atoms with Crippen molar-refractivity contribution in [3.05, 3.63) is 21.7 Å². The first-order valence-corrected chi connectivity index (χ1v) is 8.57. The SMILES string of the molecule is O=[N+]([O-])c1c(Sc2nnnn2CC2CCCO2)nc2sccn12. The average molecular weight is 353 g/mol. The Labute approximate surface area is 137 Å². The number of tetrazole rings is 1. The van der Waals surface area contributed by atoms with E-state index in [-0.39, 0.29) is 16.9 Å². The second-order valence-electron chi connectivity index (χ2n) is 4.93. The fraction of sp³-hybridized carbons (Fsp3) is 0.455. The summed E-state index contributed by atoms with van der Waals surface area (Å²) in [5.41, 5.74) is 0. The van der Waals surface area contributed by atoms with Gasteiger partial charge in [0, 0.05) is 12.0 Å². The van der Waals surface area contributed by atoms with Crippen LogP contribution in [0.2, 0.25) is 0 Å². The number of fused-ring (bicyclic) bond motifs is 1. The molecule has 0 amide bonds. The number of nitro groups is 1. The largest absolute Gasteiger partial charge is 0.376 e. The molecule has 0 spiro atoms. The van der Waals surface area contributed by atoms with Crippen molar-refractivity contribution in [2.24, 2.45) is 0 Å². The Morgan fingerprint density at radius 2 is 2.48 bits per heavy atom. The van der Waals surface area contributed by atoms with Crippen LogP contribution in [-0.4, -0.2) is 47.2 Å². The molecule has 0 N–H and O–H groups in total. The number of hydrogen-bond acceptors (Lipinski definition) is 9. The average Bonchev–Trinajstić information content (AvgIpc) is 3.25. The molecule has 1 fully saturated rings. The highest BCUT2D eigenvalue weighted by Crippen LogP contribution is 2.35. The molecule has 120 valence electrons. The highest BCUT2D eigenvalue weighted by Gasteiger charge is 2.27. The number of nitrogens with zero attached hydrogens (tertiary/aromatic N) is 7. The first-order valence-electron chi connectivity index (χ1n) is 6.88. The van der Waals surface area contributed by atoms with Crippen LogP contribution in [0.4, 0.5) is 5.82 Å². The molecule has 0 aromatic carbocycles. The zero-order valence-corrected chi connectivity index (χ0v) is 13.4. The molecule has 23 heavy (non-hydrogen) atoms. The van der Waals surface area contributed by atoms with E-state index >= 15 is 0 Å². The van der Waals surface area contributed by atoms with Crippen molar-refractivity contribution in [3.63, 3.8) is 0 Å². The molecule has 4 rings (SSSR count). The van der Waals surface area contributed by atoms with Gasteiger partial charge in [-0.05, 0) is 40.0 Å². The van der Waals surface area contributed by atoms with Crippen LogP contribution in [0.5, 0.6) is 0 Å². The summed E-state index contributed by atoms with van der Waals surface area (Å²) in [5.74, 6) is -0.0714. The molecule has 0 radical (unpaired) electrons. The topological polar surface area (TPSA) is 113 Å². The highest BCUT2D eigenvalue weighted by molar-refractivity contribution is 7.99. The van der Waals surface area contributed by atoms with Crippen LogP contribution in [0.15, 0.2) is 21.8 Å². The molecule has 10 nitrogen and oxygen atoms in total. The summed E-state index contributed by atoms with van der Waals surface area (Å²) < 4.78 is 8.65. The van der Waals surface area contributed by atoms with Gasteiger partial charge in [0.05, 0.1) is 12.6 Å². The second-order valence-corrected chi connectivity index (χ2v) is 6.76. The molecule has 1 aliphatic rings. The van der Waals surface area contributed by atoms with Gasteiger partial charge in [-0.1, -0.05) is 11.3 Å². The lowest BCUT2D eigenvalue weighted by Crippen LogP contribution is -2.16. The van der Waals surface area contributed by atoms with Crippen molar-refractivity contribution in [1.82, 2.24) is 29.6 Å². The normalized spacial score (nSPS) is 18.0. The summed E-state index contributed by atoms with van der Waals surface area (Å²) in [7, 11) is 0. The van der Waals surface area contributed by atoms with Gasteiger partial charge in [-0.25, -0.2) is 4.68 Å². The number of rotatable bonds is 5. The molecule has 0 aliphatic carbocycles. The number of ether oxygens (including phenoxy) is 1. The van der Waals surface area contributed by atoms with Crippen molar-refractivity contribution in [2.75, 3.05) is 6.61 Å². The molecule has 3 aromatic rings. The monoisotopic (exact) mass is 353 g/mol. The predicted molar refractivity (Wildman–Crippen MR) is 80.6 cm³/mol. The maximum absolute atomic E-state index is 11.3. The van der Waals surface area contributed by atoms with E-state index in [2.05, 4.69) is 20.5 Å². The predicted octanol–water partition coefficient (Wildman–Crippen LogP) is 1.62. The van der Waals surface area contributed by atoms with Gasteiger partial charge in [0.15, 0.2) is 0 Å². The molecule has 4 heterocycles. The van der Waals surface area contributed by atoms with Crippen molar-refractivity contribution < 1.29 is 9.66 Å². The summed E-state index contributed by atoms with van der Waals surface area (Å²) in [5, 5.41) is 25.4. The third kappa shape index (κ3) is 2.68. The quantitative estimate of drug-likeness (QED) is 0.502. The van der Waals surface area contributed by atoms with Crippen molar-refractivity contribution in [1.29, 1.82) is 0 Å². The van der Waals surface area contributed by atoms with Crippen LogP contribution in [0.1, 0.15) is 12.8 Å². The van der Waals surface area contributed by atoms with E-state index in [1.165, 1.54) is 15.7 Å². The van der Waals surface area contributed by atoms with Gasteiger partial charge in [0.2, 0.25) is 10.2 Å². The lowest BCUT2D eigenvalue weighted by atomic mass is 10.2. The Kier molecular flexibility index (Phi) is 3.71. The Morgan fingerprint density at radius 1 is 1.57 bits per heavy atom. The van der Waals surface area contributed by atoms with Gasteiger partial charge in [-0.2, -0.15) is 9.38 Å². The smallest absolute Gasteiger partial charge is 0.363 e. The van der Waals surface area contributed by atoms with Crippen molar-refractivity contribution in [3.8, 4) is 0 Å². The molecular formula is C11H11N7O3S2. The second kappa shape index (κ2) is 5.86. The fourth-order valence-electron chi connectivity index (χ4n) is 2.44. The van der Waals surface area contributed by atoms with Crippen molar-refractivity contribution in [2.45, 2.75) is 35.7 Å². The molecule has 1 aliphatic heterocycles. The standard InChI is InChI=1S/C11H11N7O3S2/c19-18(20)9-8(12-10-16(9)3-5-22-10)23-11-13-14-15-17(11)6-7-2-1-4-21-7/h3,5,7H,1-2,4,6H2. The summed E-state index contributed by atoms with van der Waals surface area (Å²) >= 11 is 2.43. The van der Waals surface area contributed by atoms with Crippen LogP contribution >= 0.6 is 23.1 Å². The molecule has 0 saturated carbocycles. The lowest BCUT2D eigenvalue weighted by molar-refractivity contribution is -0.393. The maximum Gasteiger partial charge on any atom is 0.363 e. The molecule has 1 atom stereocenters. The van der Waals surface area contributed by atoms with E-state index in [1.807, 2.05) is 0 Å². The maximum atomic E-state index is 11.3. The fourth-order valence-corrected chi connectivity index (χ4v) is 4.07. The van der Waals surface area contributed by atoms with Crippen molar-refractivity contribution >= 4 is 33.9 Å². The van der Waals surface area contributed by atoms with E-state index < -0.39 is 4.92 Å². The van der Waals surface area contributed by atoms with E-state index in [0.717, 1.165) is 31.2 Å². The van der Waals surface area contributed by atoms with Gasteiger partial charge in [0.25, 0.3) is 4.96 Å². The molecule has 12 heteroatoms. The van der Waals surface area contributed by atoms with Crippen LogP contribution in [0, 0.1) is 10.1 Å². The Bertz CT molecular complexity index is 851. The van der Waals surface area contributed by atoms with Crippen LogP contribution in [0.25, 0.3) is 4.96 Å². The van der Waals surface area contributed by atoms with Crippen LogP contribution in [-0.2, 0) is 11.3 Å². The van der Waals surface area contributed by atoms with Crippen LogP contribution < -0.4 is 0 Å². The molecular weight excluding hydrogens is 342 g/mol. The van der Waals surface area contributed by atoms with E-state index in [1.54, 1.807) is 16.3 Å². The van der Waals surface area contributed by atoms with E-state index in [9.17, 15) is 10.1 Å². The summed E-state index contributed by atoms with van der Waals surface area (Å²) in [6.45, 7) is 1.28. The number of hydrogen-bond donors (Lipinski definition) is 0. The first kappa shape index (κ1) is 14.5. The highest BCUT2D eigenvalue weighted by atomic mass is 32.2. The van der Waals surface area contributed by atoms with Gasteiger partial charge < -0.3 is 14.9 Å². The minimum atomic E-state index is -0.441. The zero-order chi connectivity index (χ0) is 15.8. The van der Waals surface area contributed by atoms with E-state index in [0.29, 0.717) is 16.7 Å². The number of aromatic nitrogens is 6. The Balaban J connectivity index is 1.63. The zero-order valence-electron chi connectivity index (χ0n) is 11.7. The molecule has 1 saturated heterocycles. The summed E-state index contributed by atoms with van der Waals surface area (Å²) in [4.78, 5) is 15.8. The number of imidazole rings is 1. The minimum absolute atomic E-state index is 0.0714. The summed E-state index contributed by atoms with van der Waals surface area (Å²) in [6, 6.07) is 0. The van der Waals surface area contributed by atoms with E-state index in [4.69, 9.17) is 4.74 Å². The van der Waals surface area contributed by atoms with Crippen LogP contribution in [0.3, 0.4) is 0 Å². The summed E-state index contributed by atoms with van der Waals surface area (Å²) in [6.07, 6.45) is 3.70. The van der Waals surface area contributed by atoms with Gasteiger partial charge >= 0.3 is 5.82 Å². The molecule has 1 unspecified atom stereocenters. The third-order valence-electron chi connectivity index (χ3n) is 3.47. The molecule has 0 bridgehead atoms.